The summed E-state index contributed by atoms with van der Waals surface area (Å²) < 4.78 is 0. The van der Waals surface area contributed by atoms with Crippen molar-refractivity contribution >= 4 is 5.91 Å². The molecule has 19 heavy (non-hydrogen) atoms. The summed E-state index contributed by atoms with van der Waals surface area (Å²) in [4.78, 5) is 15.8. The summed E-state index contributed by atoms with van der Waals surface area (Å²) in [7, 11) is 0. The number of amides is 1. The molecule has 0 atom stereocenters. The predicted octanol–water partition coefficient (Wildman–Crippen LogP) is 1.67. The summed E-state index contributed by atoms with van der Waals surface area (Å²) >= 11 is 0. The Morgan fingerprint density at radius 2 is 2.26 bits per heavy atom. The largest absolute Gasteiger partial charge is 0.352 e. The number of hydrogen-bond acceptors (Lipinski definition) is 3. The Bertz CT molecular complexity index is 528. The summed E-state index contributed by atoms with van der Waals surface area (Å²) in [6.45, 7) is 4.45. The number of nitrogens with zero attached hydrogens (tertiary/aromatic N) is 2. The van der Waals surface area contributed by atoms with Crippen LogP contribution in [0.25, 0.3) is 0 Å². The van der Waals surface area contributed by atoms with E-state index in [0.29, 0.717) is 19.4 Å². The van der Waals surface area contributed by atoms with E-state index in [0.717, 1.165) is 22.5 Å². The van der Waals surface area contributed by atoms with Crippen molar-refractivity contribution in [3.63, 3.8) is 0 Å². The van der Waals surface area contributed by atoms with Crippen LogP contribution in [0.4, 0.5) is 0 Å². The quantitative estimate of drug-likeness (QED) is 0.857. The molecule has 0 aliphatic heterocycles. The molecule has 5 heteroatoms. The van der Waals surface area contributed by atoms with E-state index in [9.17, 15) is 4.79 Å². The molecule has 5 nitrogen and oxygen atoms in total. The van der Waals surface area contributed by atoms with E-state index in [1.165, 1.54) is 0 Å². The number of pyridine rings is 1. The topological polar surface area (TPSA) is 70.7 Å². The van der Waals surface area contributed by atoms with Crippen molar-refractivity contribution in [2.45, 2.75) is 33.2 Å². The van der Waals surface area contributed by atoms with Gasteiger partial charge in [0.2, 0.25) is 5.91 Å². The summed E-state index contributed by atoms with van der Waals surface area (Å²) in [5.74, 6) is 0.0452. The van der Waals surface area contributed by atoms with Gasteiger partial charge in [-0.2, -0.15) is 5.10 Å². The monoisotopic (exact) mass is 258 g/mol. The second-order valence-electron chi connectivity index (χ2n) is 4.55. The van der Waals surface area contributed by atoms with E-state index in [2.05, 4.69) is 20.5 Å². The van der Waals surface area contributed by atoms with Gasteiger partial charge < -0.3 is 5.32 Å². The number of H-pyrrole nitrogens is 1. The minimum absolute atomic E-state index is 0.0452. The molecule has 0 spiro atoms. The maximum atomic E-state index is 11.8. The van der Waals surface area contributed by atoms with Crippen LogP contribution in [0, 0.1) is 13.8 Å². The summed E-state index contributed by atoms with van der Waals surface area (Å²) in [6, 6.07) is 3.80. The molecule has 0 aliphatic rings. The lowest BCUT2D eigenvalue weighted by molar-refractivity contribution is -0.121. The van der Waals surface area contributed by atoms with Gasteiger partial charge in [0.05, 0.1) is 5.69 Å². The molecule has 2 rings (SSSR count). The second kappa shape index (κ2) is 6.13. The molecule has 0 aromatic carbocycles. The van der Waals surface area contributed by atoms with Crippen molar-refractivity contribution in [3.8, 4) is 0 Å². The third kappa shape index (κ3) is 3.64. The van der Waals surface area contributed by atoms with E-state index in [4.69, 9.17) is 0 Å². The SMILES string of the molecule is Cc1n[nH]c(C)c1CCC(=O)NCc1cccnc1. The first-order chi connectivity index (χ1) is 9.16. The molecular weight excluding hydrogens is 240 g/mol. The predicted molar refractivity (Wildman–Crippen MR) is 72.5 cm³/mol. The number of hydrogen-bond donors (Lipinski definition) is 2. The van der Waals surface area contributed by atoms with Crippen LogP contribution in [0.2, 0.25) is 0 Å². The van der Waals surface area contributed by atoms with Crippen LogP contribution in [0.5, 0.6) is 0 Å². The lowest BCUT2D eigenvalue weighted by Crippen LogP contribution is -2.23. The first kappa shape index (κ1) is 13.3. The number of carbonyl (C=O) groups is 1. The smallest absolute Gasteiger partial charge is 0.220 e. The molecule has 2 aromatic heterocycles. The molecule has 0 fully saturated rings. The normalized spacial score (nSPS) is 10.4. The molecule has 0 bridgehead atoms. The van der Waals surface area contributed by atoms with Crippen molar-refractivity contribution in [1.29, 1.82) is 0 Å². The Labute approximate surface area is 112 Å². The van der Waals surface area contributed by atoms with Crippen LogP contribution in [-0.2, 0) is 17.8 Å². The van der Waals surface area contributed by atoms with Gasteiger partial charge in [0.25, 0.3) is 0 Å². The van der Waals surface area contributed by atoms with Crippen LogP contribution in [0.15, 0.2) is 24.5 Å². The fraction of sp³-hybridized carbons (Fsp3) is 0.357. The Hall–Kier alpha value is -2.17. The fourth-order valence-electron chi connectivity index (χ4n) is 1.97. The highest BCUT2D eigenvalue weighted by Gasteiger charge is 2.08. The van der Waals surface area contributed by atoms with Crippen LogP contribution < -0.4 is 5.32 Å². The Morgan fingerprint density at radius 1 is 1.42 bits per heavy atom. The van der Waals surface area contributed by atoms with Crippen molar-refractivity contribution in [3.05, 3.63) is 47.0 Å². The van der Waals surface area contributed by atoms with E-state index in [-0.39, 0.29) is 5.91 Å². The highest BCUT2D eigenvalue weighted by atomic mass is 16.1. The van der Waals surface area contributed by atoms with Gasteiger partial charge >= 0.3 is 0 Å². The molecule has 100 valence electrons. The van der Waals surface area contributed by atoms with Gasteiger partial charge in [-0.1, -0.05) is 6.07 Å². The molecule has 2 heterocycles. The molecule has 0 saturated carbocycles. The van der Waals surface area contributed by atoms with Crippen molar-refractivity contribution in [2.24, 2.45) is 0 Å². The van der Waals surface area contributed by atoms with Crippen molar-refractivity contribution < 1.29 is 4.79 Å². The lowest BCUT2D eigenvalue weighted by Gasteiger charge is -2.05. The summed E-state index contributed by atoms with van der Waals surface area (Å²) in [5, 5.41) is 9.94. The second-order valence-corrected chi connectivity index (χ2v) is 4.55. The minimum atomic E-state index is 0.0452. The van der Waals surface area contributed by atoms with E-state index < -0.39 is 0 Å². The molecule has 1 amide bonds. The van der Waals surface area contributed by atoms with Crippen LogP contribution in [0.3, 0.4) is 0 Å². The van der Waals surface area contributed by atoms with Gasteiger partial charge in [-0.05, 0) is 37.5 Å². The average Bonchev–Trinajstić information content (AvgIpc) is 2.75. The first-order valence-electron chi connectivity index (χ1n) is 6.33. The van der Waals surface area contributed by atoms with Gasteiger partial charge in [-0.25, -0.2) is 0 Å². The highest BCUT2D eigenvalue weighted by molar-refractivity contribution is 5.76. The standard InChI is InChI=1S/C14H18N4O/c1-10-13(11(2)18-17-10)5-6-14(19)16-9-12-4-3-7-15-8-12/h3-4,7-8H,5-6,9H2,1-2H3,(H,16,19)(H,17,18). The number of rotatable bonds is 5. The third-order valence-electron chi connectivity index (χ3n) is 3.10. The zero-order valence-corrected chi connectivity index (χ0v) is 11.2. The van der Waals surface area contributed by atoms with Gasteiger partial charge in [0.1, 0.15) is 0 Å². The number of nitrogens with one attached hydrogen (secondary N) is 2. The van der Waals surface area contributed by atoms with Crippen LogP contribution in [0.1, 0.15) is 28.9 Å². The Balaban J connectivity index is 1.79. The Morgan fingerprint density at radius 3 is 2.89 bits per heavy atom. The van der Waals surface area contributed by atoms with Crippen LogP contribution in [-0.4, -0.2) is 21.1 Å². The molecule has 0 saturated heterocycles. The maximum Gasteiger partial charge on any atom is 0.220 e. The van der Waals surface area contributed by atoms with Gasteiger partial charge in [-0.3, -0.25) is 14.9 Å². The van der Waals surface area contributed by atoms with Crippen molar-refractivity contribution in [2.75, 3.05) is 0 Å². The maximum absolute atomic E-state index is 11.8. The molecular formula is C14H18N4O. The molecule has 2 aromatic rings. The lowest BCUT2D eigenvalue weighted by atomic mass is 10.1. The number of aromatic nitrogens is 3. The van der Waals surface area contributed by atoms with Gasteiger partial charge in [-0.15, -0.1) is 0 Å². The molecule has 0 unspecified atom stereocenters. The zero-order valence-electron chi connectivity index (χ0n) is 11.2. The van der Waals surface area contributed by atoms with Gasteiger partial charge in [0.15, 0.2) is 0 Å². The number of aromatic amines is 1. The Kier molecular flexibility index (Phi) is 4.28. The van der Waals surface area contributed by atoms with E-state index in [1.807, 2.05) is 26.0 Å². The highest BCUT2D eigenvalue weighted by Crippen LogP contribution is 2.11. The zero-order chi connectivity index (χ0) is 13.7. The number of carbonyl (C=O) groups excluding carboxylic acids is 1. The van der Waals surface area contributed by atoms with E-state index >= 15 is 0 Å². The number of aryl methyl sites for hydroxylation is 2. The molecule has 0 aliphatic carbocycles. The first-order valence-corrected chi connectivity index (χ1v) is 6.33. The summed E-state index contributed by atoms with van der Waals surface area (Å²) in [5.41, 5.74) is 4.15. The summed E-state index contributed by atoms with van der Waals surface area (Å²) in [6.07, 6.45) is 4.66. The third-order valence-corrected chi connectivity index (χ3v) is 3.10. The molecule has 2 N–H and O–H groups in total. The van der Waals surface area contributed by atoms with Gasteiger partial charge in [0, 0.05) is 31.1 Å². The van der Waals surface area contributed by atoms with E-state index in [1.54, 1.807) is 12.4 Å². The van der Waals surface area contributed by atoms with Crippen molar-refractivity contribution in [1.82, 2.24) is 20.5 Å². The fourth-order valence-corrected chi connectivity index (χ4v) is 1.97. The average molecular weight is 258 g/mol. The molecule has 0 radical (unpaired) electrons. The minimum Gasteiger partial charge on any atom is -0.352 e. The van der Waals surface area contributed by atoms with Crippen LogP contribution >= 0.6 is 0 Å².